The zero-order valence-corrected chi connectivity index (χ0v) is 19.4. The minimum atomic E-state index is -0.521. The Hall–Kier alpha value is -4.00. The molecule has 6 nitrogen and oxygen atoms in total. The molecule has 2 heterocycles. The molecular formula is C28H28FN3O3. The summed E-state index contributed by atoms with van der Waals surface area (Å²) in [5, 5.41) is 3.08. The van der Waals surface area contributed by atoms with Crippen LogP contribution in [0.15, 0.2) is 79.1 Å². The third kappa shape index (κ3) is 7.24. The van der Waals surface area contributed by atoms with Gasteiger partial charge in [0.15, 0.2) is 11.6 Å². The molecule has 7 heteroatoms. The number of benzene rings is 2. The number of carbonyl (C=O) groups excluding carboxylic acids is 2. The van der Waals surface area contributed by atoms with E-state index in [0.29, 0.717) is 50.1 Å². The number of hydrogen-bond acceptors (Lipinski definition) is 4. The standard InChI is InChI=1S/C28H28FN3O3/c29-25-19-22(8-11-26(25)35-24-7-4-16-30-20-24)10-13-28(34)32-17-14-23(15-18-32)31-27(33)12-9-21-5-2-1-3-6-21/h1-8,10-11,13,16,19-20,23H,9,12,14-15,17-18H2,(H,31,33)/b13-10+. The quantitative estimate of drug-likeness (QED) is 0.479. The molecule has 0 aliphatic carbocycles. The first-order chi connectivity index (χ1) is 17.1. The predicted molar refractivity (Wildman–Crippen MR) is 132 cm³/mol. The number of hydrogen-bond donors (Lipinski definition) is 1. The first kappa shape index (κ1) is 24.1. The summed E-state index contributed by atoms with van der Waals surface area (Å²) in [6, 6.07) is 18.0. The zero-order chi connectivity index (χ0) is 24.5. The maximum atomic E-state index is 14.4. The lowest BCUT2D eigenvalue weighted by atomic mass is 10.0. The molecule has 2 aromatic carbocycles. The van der Waals surface area contributed by atoms with Gasteiger partial charge in [-0.1, -0.05) is 36.4 Å². The smallest absolute Gasteiger partial charge is 0.246 e. The van der Waals surface area contributed by atoms with E-state index >= 15 is 0 Å². The van der Waals surface area contributed by atoms with Gasteiger partial charge in [-0.25, -0.2) is 4.39 Å². The first-order valence-corrected chi connectivity index (χ1v) is 11.7. The van der Waals surface area contributed by atoms with Crippen molar-refractivity contribution in [2.75, 3.05) is 13.1 Å². The van der Waals surface area contributed by atoms with Crippen LogP contribution in [0.5, 0.6) is 11.5 Å². The van der Waals surface area contributed by atoms with Gasteiger partial charge in [-0.05, 0) is 60.7 Å². The van der Waals surface area contributed by atoms with Crippen LogP contribution in [0.2, 0.25) is 0 Å². The Morgan fingerprint density at radius 2 is 1.89 bits per heavy atom. The van der Waals surface area contributed by atoms with Crippen LogP contribution in [0.4, 0.5) is 4.39 Å². The second-order valence-corrected chi connectivity index (χ2v) is 8.47. The SMILES string of the molecule is O=C(CCc1ccccc1)NC1CCN(C(=O)/C=C/c2ccc(Oc3cccnc3)c(F)c2)CC1. The Balaban J connectivity index is 1.21. The molecule has 0 saturated carbocycles. The number of ether oxygens (including phenoxy) is 1. The highest BCUT2D eigenvalue weighted by molar-refractivity contribution is 5.91. The summed E-state index contributed by atoms with van der Waals surface area (Å²) < 4.78 is 19.9. The van der Waals surface area contributed by atoms with Gasteiger partial charge in [0.2, 0.25) is 11.8 Å². The number of pyridine rings is 1. The number of likely N-dealkylation sites (tertiary alicyclic amines) is 1. The average Bonchev–Trinajstić information content (AvgIpc) is 2.89. The van der Waals surface area contributed by atoms with E-state index in [9.17, 15) is 14.0 Å². The van der Waals surface area contributed by atoms with Gasteiger partial charge in [0.1, 0.15) is 5.75 Å². The van der Waals surface area contributed by atoms with E-state index in [4.69, 9.17) is 4.74 Å². The van der Waals surface area contributed by atoms with Crippen LogP contribution in [-0.2, 0) is 16.0 Å². The first-order valence-electron chi connectivity index (χ1n) is 11.7. The lowest BCUT2D eigenvalue weighted by Crippen LogP contribution is -2.46. The maximum absolute atomic E-state index is 14.4. The fourth-order valence-corrected chi connectivity index (χ4v) is 3.96. The number of carbonyl (C=O) groups is 2. The largest absolute Gasteiger partial charge is 0.453 e. The molecule has 0 atom stereocenters. The molecule has 1 aliphatic heterocycles. The summed E-state index contributed by atoms with van der Waals surface area (Å²) in [5.74, 6) is -0.0752. The molecule has 0 radical (unpaired) electrons. The molecule has 0 bridgehead atoms. The van der Waals surface area contributed by atoms with Gasteiger partial charge in [-0.2, -0.15) is 0 Å². The Morgan fingerprint density at radius 1 is 1.09 bits per heavy atom. The Labute approximate surface area is 204 Å². The van der Waals surface area contributed by atoms with Crippen LogP contribution in [-0.4, -0.2) is 40.8 Å². The van der Waals surface area contributed by atoms with Gasteiger partial charge in [0, 0.05) is 37.8 Å². The number of nitrogens with zero attached hydrogens (tertiary/aromatic N) is 2. The molecule has 1 saturated heterocycles. The molecule has 1 N–H and O–H groups in total. The number of nitrogens with one attached hydrogen (secondary N) is 1. The predicted octanol–water partition coefficient (Wildman–Crippen LogP) is 4.77. The Morgan fingerprint density at radius 3 is 2.60 bits per heavy atom. The lowest BCUT2D eigenvalue weighted by Gasteiger charge is -2.31. The molecule has 0 unspecified atom stereocenters. The van der Waals surface area contributed by atoms with E-state index in [1.54, 1.807) is 35.4 Å². The normalized spacial score (nSPS) is 14.1. The fourth-order valence-electron chi connectivity index (χ4n) is 3.96. The van der Waals surface area contributed by atoms with Crippen LogP contribution in [0.25, 0.3) is 6.08 Å². The topological polar surface area (TPSA) is 71.5 Å². The highest BCUT2D eigenvalue weighted by Gasteiger charge is 2.22. The molecule has 1 aliphatic rings. The second-order valence-electron chi connectivity index (χ2n) is 8.47. The Kier molecular flexibility index (Phi) is 8.22. The van der Waals surface area contributed by atoms with Gasteiger partial charge in [-0.3, -0.25) is 14.6 Å². The Bertz CT molecular complexity index is 1160. The van der Waals surface area contributed by atoms with Crippen molar-refractivity contribution in [3.8, 4) is 11.5 Å². The molecule has 3 aromatic rings. The van der Waals surface area contributed by atoms with Crippen LogP contribution < -0.4 is 10.1 Å². The van der Waals surface area contributed by atoms with E-state index < -0.39 is 5.82 Å². The monoisotopic (exact) mass is 473 g/mol. The van der Waals surface area contributed by atoms with Crippen molar-refractivity contribution in [1.29, 1.82) is 0 Å². The van der Waals surface area contributed by atoms with Crippen molar-refractivity contribution in [2.24, 2.45) is 0 Å². The molecule has 0 spiro atoms. The van der Waals surface area contributed by atoms with Gasteiger partial charge in [-0.15, -0.1) is 0 Å². The summed E-state index contributed by atoms with van der Waals surface area (Å²) >= 11 is 0. The van der Waals surface area contributed by atoms with E-state index in [0.717, 1.165) is 5.56 Å². The number of aryl methyl sites for hydroxylation is 1. The summed E-state index contributed by atoms with van der Waals surface area (Å²) in [6.07, 6.45) is 8.76. The van der Waals surface area contributed by atoms with Crippen molar-refractivity contribution in [2.45, 2.75) is 31.7 Å². The molecule has 2 amide bonds. The highest BCUT2D eigenvalue weighted by atomic mass is 19.1. The molecule has 1 aromatic heterocycles. The van der Waals surface area contributed by atoms with Crippen LogP contribution in [0.3, 0.4) is 0 Å². The molecule has 1 fully saturated rings. The minimum absolute atomic E-state index is 0.0384. The van der Waals surface area contributed by atoms with Crippen molar-refractivity contribution < 1.29 is 18.7 Å². The van der Waals surface area contributed by atoms with Crippen molar-refractivity contribution in [3.05, 3.63) is 96.1 Å². The second kappa shape index (κ2) is 11.9. The van der Waals surface area contributed by atoms with E-state index in [-0.39, 0.29) is 23.6 Å². The summed E-state index contributed by atoms with van der Waals surface area (Å²) in [6.45, 7) is 1.14. The fraction of sp³-hybridized carbons (Fsp3) is 0.250. The summed E-state index contributed by atoms with van der Waals surface area (Å²) in [5.41, 5.74) is 1.71. The van der Waals surface area contributed by atoms with Crippen LogP contribution in [0, 0.1) is 5.82 Å². The number of halogens is 1. The van der Waals surface area contributed by atoms with Crippen LogP contribution in [0.1, 0.15) is 30.4 Å². The van der Waals surface area contributed by atoms with E-state index in [1.165, 1.54) is 24.4 Å². The molecule has 35 heavy (non-hydrogen) atoms. The number of aromatic nitrogens is 1. The highest BCUT2D eigenvalue weighted by Crippen LogP contribution is 2.25. The maximum Gasteiger partial charge on any atom is 0.246 e. The van der Waals surface area contributed by atoms with Gasteiger partial charge >= 0.3 is 0 Å². The van der Waals surface area contributed by atoms with Gasteiger partial charge in [0.25, 0.3) is 0 Å². The van der Waals surface area contributed by atoms with Crippen molar-refractivity contribution in [3.63, 3.8) is 0 Å². The molecule has 180 valence electrons. The van der Waals surface area contributed by atoms with Crippen molar-refractivity contribution >= 4 is 17.9 Å². The van der Waals surface area contributed by atoms with Crippen LogP contribution >= 0.6 is 0 Å². The summed E-state index contributed by atoms with van der Waals surface area (Å²) in [4.78, 5) is 30.5. The average molecular weight is 474 g/mol. The van der Waals surface area contributed by atoms with E-state index in [1.807, 2.05) is 30.3 Å². The van der Waals surface area contributed by atoms with Crippen molar-refractivity contribution in [1.82, 2.24) is 15.2 Å². The number of amides is 2. The minimum Gasteiger partial charge on any atom is -0.453 e. The van der Waals surface area contributed by atoms with Gasteiger partial charge in [0.05, 0.1) is 6.20 Å². The third-order valence-electron chi connectivity index (χ3n) is 5.89. The summed E-state index contributed by atoms with van der Waals surface area (Å²) in [7, 11) is 0. The lowest BCUT2D eigenvalue weighted by molar-refractivity contribution is -0.127. The zero-order valence-electron chi connectivity index (χ0n) is 19.4. The molecule has 4 rings (SSSR count). The van der Waals surface area contributed by atoms with Gasteiger partial charge < -0.3 is 15.0 Å². The number of piperidine rings is 1. The van der Waals surface area contributed by atoms with E-state index in [2.05, 4.69) is 10.3 Å². The third-order valence-corrected chi connectivity index (χ3v) is 5.89. The molecular weight excluding hydrogens is 445 g/mol. The number of rotatable bonds is 8.